The van der Waals surface area contributed by atoms with Crippen molar-refractivity contribution in [3.63, 3.8) is 0 Å². The van der Waals surface area contributed by atoms with Crippen molar-refractivity contribution in [2.45, 2.75) is 26.2 Å². The molecular formula is C24H25N7. The molecule has 4 aromatic rings. The number of fused-ring (bicyclic) bond motifs is 1. The standard InChI is InChI=1S/C24H25N7/c1-3-7-21(31-12-5-4-6-13-31)22-16(2)27-24(28-22)23-18-14-19(17-8-10-25-11-9-17)26-15-20(18)29-30-23/h3,7-11,14-15H,1,4-6,12-13H2,2H3,(H,27,28)(H,29,30)/b21-7+. The monoisotopic (exact) mass is 411 g/mol. The SMILES string of the molecule is C=C/C=C(\c1nc(-c2n[nH]c3cnc(-c4ccncc4)cc23)[nH]c1C)N1CCCCC1. The molecule has 0 unspecified atom stereocenters. The summed E-state index contributed by atoms with van der Waals surface area (Å²) in [6.07, 6.45) is 13.0. The molecule has 7 nitrogen and oxygen atoms in total. The summed E-state index contributed by atoms with van der Waals surface area (Å²) < 4.78 is 0. The quantitative estimate of drug-likeness (QED) is 0.464. The van der Waals surface area contributed by atoms with Crippen LogP contribution >= 0.6 is 0 Å². The van der Waals surface area contributed by atoms with Gasteiger partial charge in [0, 0.05) is 42.1 Å². The van der Waals surface area contributed by atoms with Gasteiger partial charge >= 0.3 is 0 Å². The fraction of sp³-hybridized carbons (Fsp3) is 0.250. The van der Waals surface area contributed by atoms with E-state index in [-0.39, 0.29) is 0 Å². The predicted octanol–water partition coefficient (Wildman–Crippen LogP) is 4.73. The number of aromatic nitrogens is 6. The first-order valence-corrected chi connectivity index (χ1v) is 10.6. The fourth-order valence-electron chi connectivity index (χ4n) is 4.18. The highest BCUT2D eigenvalue weighted by atomic mass is 15.2. The Morgan fingerprint density at radius 3 is 2.74 bits per heavy atom. The lowest BCUT2D eigenvalue weighted by molar-refractivity contribution is 0.325. The van der Waals surface area contributed by atoms with E-state index in [1.807, 2.05) is 30.5 Å². The molecule has 1 saturated heterocycles. The van der Waals surface area contributed by atoms with Gasteiger partial charge in [-0.2, -0.15) is 5.10 Å². The number of allylic oxidation sites excluding steroid dienone is 2. The van der Waals surface area contributed by atoms with E-state index >= 15 is 0 Å². The molecule has 1 fully saturated rings. The number of hydrogen-bond acceptors (Lipinski definition) is 5. The van der Waals surface area contributed by atoms with Crippen LogP contribution in [-0.4, -0.2) is 48.1 Å². The van der Waals surface area contributed by atoms with E-state index in [4.69, 9.17) is 4.98 Å². The van der Waals surface area contributed by atoms with Gasteiger partial charge in [-0.15, -0.1) is 0 Å². The van der Waals surface area contributed by atoms with E-state index in [1.54, 1.807) is 12.4 Å². The van der Waals surface area contributed by atoms with Crippen molar-refractivity contribution in [3.05, 3.63) is 66.9 Å². The van der Waals surface area contributed by atoms with E-state index in [9.17, 15) is 0 Å². The van der Waals surface area contributed by atoms with Gasteiger partial charge < -0.3 is 9.88 Å². The summed E-state index contributed by atoms with van der Waals surface area (Å²) >= 11 is 0. The number of piperidine rings is 1. The van der Waals surface area contributed by atoms with Crippen LogP contribution in [0.4, 0.5) is 0 Å². The van der Waals surface area contributed by atoms with Crippen LogP contribution in [0, 0.1) is 6.92 Å². The third kappa shape index (κ3) is 3.63. The first kappa shape index (κ1) is 19.2. The van der Waals surface area contributed by atoms with E-state index in [1.165, 1.54) is 19.3 Å². The van der Waals surface area contributed by atoms with Crippen LogP contribution in [0.15, 0.2) is 55.5 Å². The van der Waals surface area contributed by atoms with Crippen molar-refractivity contribution in [1.82, 2.24) is 35.0 Å². The number of likely N-dealkylation sites (tertiary alicyclic amines) is 1. The van der Waals surface area contributed by atoms with Crippen LogP contribution < -0.4 is 0 Å². The Bertz CT molecular complexity index is 1240. The maximum Gasteiger partial charge on any atom is 0.159 e. The molecule has 0 aliphatic carbocycles. The van der Waals surface area contributed by atoms with Crippen molar-refractivity contribution in [2.75, 3.05) is 13.1 Å². The third-order valence-corrected chi connectivity index (χ3v) is 5.75. The van der Waals surface area contributed by atoms with Crippen molar-refractivity contribution < 1.29 is 0 Å². The molecule has 7 heteroatoms. The average Bonchev–Trinajstić information content (AvgIpc) is 3.41. The molecule has 31 heavy (non-hydrogen) atoms. The minimum absolute atomic E-state index is 0.748. The second kappa shape index (κ2) is 8.18. The molecule has 0 atom stereocenters. The van der Waals surface area contributed by atoms with E-state index in [0.29, 0.717) is 0 Å². The highest BCUT2D eigenvalue weighted by Gasteiger charge is 2.21. The van der Waals surface area contributed by atoms with Gasteiger partial charge in [-0.05, 0) is 50.5 Å². The summed E-state index contributed by atoms with van der Waals surface area (Å²) in [5.74, 6) is 0.748. The number of nitrogens with one attached hydrogen (secondary N) is 2. The molecule has 0 aromatic carbocycles. The Hall–Kier alpha value is -3.74. The zero-order valence-corrected chi connectivity index (χ0v) is 17.6. The van der Waals surface area contributed by atoms with Crippen molar-refractivity contribution in [3.8, 4) is 22.8 Å². The van der Waals surface area contributed by atoms with Gasteiger partial charge in [0.2, 0.25) is 0 Å². The maximum atomic E-state index is 4.97. The lowest BCUT2D eigenvalue weighted by Gasteiger charge is -2.30. The summed E-state index contributed by atoms with van der Waals surface area (Å²) in [6, 6.07) is 5.95. The van der Waals surface area contributed by atoms with Crippen LogP contribution in [0.5, 0.6) is 0 Å². The minimum atomic E-state index is 0.748. The molecular weight excluding hydrogens is 386 g/mol. The van der Waals surface area contributed by atoms with E-state index < -0.39 is 0 Å². The molecule has 0 amide bonds. The first-order valence-electron chi connectivity index (χ1n) is 10.6. The Morgan fingerprint density at radius 1 is 1.16 bits per heavy atom. The predicted molar refractivity (Wildman–Crippen MR) is 123 cm³/mol. The number of rotatable bonds is 5. The lowest BCUT2D eigenvalue weighted by atomic mass is 10.1. The maximum absolute atomic E-state index is 4.97. The summed E-state index contributed by atoms with van der Waals surface area (Å²) in [6.45, 7) is 8.08. The number of imidazole rings is 1. The van der Waals surface area contributed by atoms with Crippen LogP contribution in [0.2, 0.25) is 0 Å². The van der Waals surface area contributed by atoms with Crippen LogP contribution in [0.25, 0.3) is 39.4 Å². The van der Waals surface area contributed by atoms with Crippen LogP contribution in [0.3, 0.4) is 0 Å². The van der Waals surface area contributed by atoms with Crippen molar-refractivity contribution >= 4 is 16.6 Å². The average molecular weight is 412 g/mol. The Labute approximate surface area is 181 Å². The second-order valence-electron chi connectivity index (χ2n) is 7.82. The normalized spacial score (nSPS) is 14.9. The topological polar surface area (TPSA) is 86.4 Å². The molecule has 1 aliphatic heterocycles. The molecule has 156 valence electrons. The number of nitrogens with zero attached hydrogens (tertiary/aromatic N) is 5. The van der Waals surface area contributed by atoms with E-state index in [2.05, 4.69) is 49.6 Å². The highest BCUT2D eigenvalue weighted by Crippen LogP contribution is 2.31. The lowest BCUT2D eigenvalue weighted by Crippen LogP contribution is -2.28. The van der Waals surface area contributed by atoms with Gasteiger partial charge in [0.1, 0.15) is 11.4 Å². The Kier molecular flexibility index (Phi) is 5.08. The van der Waals surface area contributed by atoms with Gasteiger partial charge in [-0.1, -0.05) is 12.7 Å². The minimum Gasteiger partial charge on any atom is -0.370 e. The number of aryl methyl sites for hydroxylation is 1. The zero-order chi connectivity index (χ0) is 21.2. The molecule has 5 heterocycles. The van der Waals surface area contributed by atoms with Gasteiger partial charge in [0.05, 0.1) is 23.1 Å². The van der Waals surface area contributed by atoms with Crippen molar-refractivity contribution in [1.29, 1.82) is 0 Å². The number of H-pyrrole nitrogens is 2. The van der Waals surface area contributed by atoms with Crippen LogP contribution in [-0.2, 0) is 0 Å². The molecule has 1 aliphatic rings. The van der Waals surface area contributed by atoms with E-state index in [0.717, 1.165) is 63.9 Å². The highest BCUT2D eigenvalue weighted by molar-refractivity contribution is 5.93. The smallest absolute Gasteiger partial charge is 0.159 e. The molecule has 0 spiro atoms. The summed E-state index contributed by atoms with van der Waals surface area (Å²) in [7, 11) is 0. The Balaban J connectivity index is 1.56. The van der Waals surface area contributed by atoms with Gasteiger partial charge in [0.15, 0.2) is 5.82 Å². The molecule has 2 N–H and O–H groups in total. The molecule has 0 radical (unpaired) electrons. The molecule has 5 rings (SSSR count). The Morgan fingerprint density at radius 2 is 1.97 bits per heavy atom. The van der Waals surface area contributed by atoms with Gasteiger partial charge in [-0.3, -0.25) is 15.1 Å². The second-order valence-corrected chi connectivity index (χ2v) is 7.82. The van der Waals surface area contributed by atoms with Crippen molar-refractivity contribution in [2.24, 2.45) is 0 Å². The first-order chi connectivity index (χ1) is 15.2. The number of aromatic amines is 2. The number of pyridine rings is 2. The third-order valence-electron chi connectivity index (χ3n) is 5.75. The summed E-state index contributed by atoms with van der Waals surface area (Å²) in [5, 5.41) is 8.61. The summed E-state index contributed by atoms with van der Waals surface area (Å²) in [4.78, 5) is 19.5. The van der Waals surface area contributed by atoms with Gasteiger partial charge in [-0.25, -0.2) is 4.98 Å². The molecule has 0 saturated carbocycles. The number of hydrogen-bond donors (Lipinski definition) is 2. The fourth-order valence-corrected chi connectivity index (χ4v) is 4.18. The zero-order valence-electron chi connectivity index (χ0n) is 17.6. The molecule has 4 aromatic heterocycles. The largest absolute Gasteiger partial charge is 0.370 e. The van der Waals surface area contributed by atoms with Crippen LogP contribution in [0.1, 0.15) is 30.7 Å². The van der Waals surface area contributed by atoms with Gasteiger partial charge in [0.25, 0.3) is 0 Å². The summed E-state index contributed by atoms with van der Waals surface area (Å²) in [5.41, 5.74) is 6.65. The molecule has 0 bridgehead atoms.